The van der Waals surface area contributed by atoms with Crippen molar-refractivity contribution in [3.63, 3.8) is 0 Å². The largest absolute Gasteiger partial charge is 0.471 e. The molecule has 1 amide bonds. The minimum absolute atomic E-state index is 0.0363. The van der Waals surface area contributed by atoms with E-state index in [-0.39, 0.29) is 19.5 Å². The number of aryl methyl sites for hydroxylation is 1. The lowest BCUT2D eigenvalue weighted by molar-refractivity contribution is -0.184. The molecule has 0 spiro atoms. The third-order valence-corrected chi connectivity index (χ3v) is 2.94. The van der Waals surface area contributed by atoms with Gasteiger partial charge in [-0.25, -0.2) is 0 Å². The molecule has 1 aromatic heterocycles. The van der Waals surface area contributed by atoms with Crippen molar-refractivity contribution >= 4 is 5.91 Å². The topological polar surface area (TPSA) is 77.0 Å². The van der Waals surface area contributed by atoms with E-state index in [1.807, 2.05) is 0 Å². The average Bonchev–Trinajstić information content (AvgIpc) is 2.83. The van der Waals surface area contributed by atoms with Gasteiger partial charge in [0.15, 0.2) is 0 Å². The Morgan fingerprint density at radius 2 is 2.22 bits per heavy atom. The van der Waals surface area contributed by atoms with Crippen molar-refractivity contribution in [1.82, 2.24) is 19.9 Å². The number of nitrogens with two attached hydrogens (primary N) is 1. The normalized spacial score (nSPS) is 24.6. The van der Waals surface area contributed by atoms with Gasteiger partial charge in [-0.15, -0.1) is 0 Å². The van der Waals surface area contributed by atoms with Crippen molar-refractivity contribution < 1.29 is 18.0 Å². The minimum atomic E-state index is -4.87. The van der Waals surface area contributed by atoms with Crippen LogP contribution in [0.1, 0.15) is 12.1 Å². The number of carbonyl (C=O) groups is 1. The van der Waals surface area contributed by atoms with Crippen LogP contribution in [-0.4, -0.2) is 45.1 Å². The predicted molar refractivity (Wildman–Crippen MR) is 54.1 cm³/mol. The highest BCUT2D eigenvalue weighted by Gasteiger charge is 2.48. The number of hydrogen-bond donors (Lipinski definition) is 1. The lowest BCUT2D eigenvalue weighted by Gasteiger charge is -2.22. The smallest absolute Gasteiger partial charge is 0.333 e. The van der Waals surface area contributed by atoms with Gasteiger partial charge in [-0.05, 0) is 6.42 Å². The van der Waals surface area contributed by atoms with Gasteiger partial charge in [0.1, 0.15) is 5.69 Å². The van der Waals surface area contributed by atoms with Gasteiger partial charge in [0.25, 0.3) is 0 Å². The van der Waals surface area contributed by atoms with E-state index in [0.29, 0.717) is 10.6 Å². The summed E-state index contributed by atoms with van der Waals surface area (Å²) in [5, 5.41) is 7.81. The van der Waals surface area contributed by atoms with Crippen molar-refractivity contribution in [2.24, 2.45) is 12.8 Å². The van der Waals surface area contributed by atoms with Gasteiger partial charge in [0, 0.05) is 20.1 Å². The molecule has 1 saturated heterocycles. The van der Waals surface area contributed by atoms with Crippen molar-refractivity contribution in [2.45, 2.75) is 18.1 Å². The van der Waals surface area contributed by atoms with Crippen LogP contribution in [0.4, 0.5) is 13.2 Å². The van der Waals surface area contributed by atoms with Gasteiger partial charge in [0.05, 0.1) is 11.7 Å². The zero-order valence-electron chi connectivity index (χ0n) is 9.61. The predicted octanol–water partition coefficient (Wildman–Crippen LogP) is -0.236. The first-order chi connectivity index (χ1) is 8.22. The Morgan fingerprint density at radius 1 is 1.56 bits per heavy atom. The molecule has 18 heavy (non-hydrogen) atoms. The Kier molecular flexibility index (Phi) is 2.80. The maximum Gasteiger partial charge on any atom is 0.471 e. The minimum Gasteiger partial charge on any atom is -0.333 e. The van der Waals surface area contributed by atoms with Gasteiger partial charge in [-0.3, -0.25) is 4.79 Å². The Labute approximate surface area is 101 Å². The fourth-order valence-electron chi connectivity index (χ4n) is 1.97. The van der Waals surface area contributed by atoms with Crippen LogP contribution in [0.15, 0.2) is 6.20 Å². The summed E-state index contributed by atoms with van der Waals surface area (Å²) in [7, 11) is 1.58. The molecule has 1 unspecified atom stereocenters. The van der Waals surface area contributed by atoms with Crippen LogP contribution in [0.3, 0.4) is 0 Å². The molecule has 1 aliphatic heterocycles. The molecule has 0 aliphatic carbocycles. The van der Waals surface area contributed by atoms with Crippen LogP contribution >= 0.6 is 0 Å². The van der Waals surface area contributed by atoms with Crippen LogP contribution in [-0.2, 0) is 17.4 Å². The van der Waals surface area contributed by atoms with E-state index in [0.717, 1.165) is 0 Å². The monoisotopic (exact) mass is 263 g/mol. The number of amides is 1. The van der Waals surface area contributed by atoms with E-state index < -0.39 is 17.6 Å². The van der Waals surface area contributed by atoms with Crippen molar-refractivity contribution in [1.29, 1.82) is 0 Å². The summed E-state index contributed by atoms with van der Waals surface area (Å²) in [5.74, 6) is -1.86. The first-order valence-corrected chi connectivity index (χ1v) is 5.24. The molecule has 1 fully saturated rings. The van der Waals surface area contributed by atoms with E-state index in [4.69, 9.17) is 5.73 Å². The van der Waals surface area contributed by atoms with Crippen LogP contribution in [0.25, 0.3) is 0 Å². The molecule has 6 nitrogen and oxygen atoms in total. The highest BCUT2D eigenvalue weighted by Crippen LogP contribution is 2.30. The Balaban J connectivity index is 2.15. The molecule has 2 heterocycles. The fraction of sp³-hybridized carbons (Fsp3) is 0.667. The maximum absolute atomic E-state index is 12.3. The van der Waals surface area contributed by atoms with Crippen LogP contribution in [0.5, 0.6) is 0 Å². The number of rotatable bonds is 1. The molecule has 0 radical (unpaired) electrons. The molecule has 2 rings (SSSR count). The summed E-state index contributed by atoms with van der Waals surface area (Å²) >= 11 is 0. The molecule has 0 bridgehead atoms. The van der Waals surface area contributed by atoms with Gasteiger partial charge in [-0.2, -0.15) is 28.2 Å². The number of alkyl halides is 3. The zero-order valence-corrected chi connectivity index (χ0v) is 9.61. The molecule has 1 aromatic rings. The SMILES string of the molecule is Cn1ncc(C2(N)CCN(C(=O)C(F)(F)F)C2)n1. The first-order valence-electron chi connectivity index (χ1n) is 5.24. The van der Waals surface area contributed by atoms with Crippen molar-refractivity contribution in [3.05, 3.63) is 11.9 Å². The number of halogens is 3. The van der Waals surface area contributed by atoms with E-state index in [1.54, 1.807) is 7.05 Å². The molecule has 9 heteroatoms. The molecule has 1 atom stereocenters. The Hall–Kier alpha value is -1.64. The molecule has 0 aromatic carbocycles. The number of nitrogens with zero attached hydrogens (tertiary/aromatic N) is 4. The highest BCUT2D eigenvalue weighted by molar-refractivity contribution is 5.82. The standard InChI is InChI=1S/C9H12F3N5O/c1-16-14-4-6(15-16)8(13)2-3-17(5-8)7(18)9(10,11)12/h4H,2-3,5,13H2,1H3. The Morgan fingerprint density at radius 3 is 2.72 bits per heavy atom. The summed E-state index contributed by atoms with van der Waals surface area (Å²) in [4.78, 5) is 13.1. The van der Waals surface area contributed by atoms with E-state index >= 15 is 0 Å². The van der Waals surface area contributed by atoms with Crippen LogP contribution in [0.2, 0.25) is 0 Å². The van der Waals surface area contributed by atoms with Gasteiger partial charge in [-0.1, -0.05) is 0 Å². The van der Waals surface area contributed by atoms with Crippen molar-refractivity contribution in [2.75, 3.05) is 13.1 Å². The lowest BCUT2D eigenvalue weighted by atomic mass is 9.97. The second kappa shape index (κ2) is 3.94. The molecule has 1 aliphatic rings. The second-order valence-electron chi connectivity index (χ2n) is 4.35. The maximum atomic E-state index is 12.3. The second-order valence-corrected chi connectivity index (χ2v) is 4.35. The highest BCUT2D eigenvalue weighted by atomic mass is 19.4. The number of hydrogen-bond acceptors (Lipinski definition) is 4. The summed E-state index contributed by atoms with van der Waals surface area (Å²) in [6.45, 7) is -0.241. The van der Waals surface area contributed by atoms with E-state index in [9.17, 15) is 18.0 Å². The van der Waals surface area contributed by atoms with Gasteiger partial charge < -0.3 is 10.6 Å². The molecule has 2 N–H and O–H groups in total. The number of carbonyl (C=O) groups excluding carboxylic acids is 1. The third kappa shape index (κ3) is 2.17. The number of aromatic nitrogens is 3. The molecular formula is C9H12F3N5O. The molecular weight excluding hydrogens is 251 g/mol. The van der Waals surface area contributed by atoms with Crippen molar-refractivity contribution in [3.8, 4) is 0 Å². The molecule has 100 valence electrons. The fourth-order valence-corrected chi connectivity index (χ4v) is 1.97. The van der Waals surface area contributed by atoms with Crippen LogP contribution in [0, 0.1) is 0 Å². The average molecular weight is 263 g/mol. The third-order valence-electron chi connectivity index (χ3n) is 2.94. The summed E-state index contributed by atoms with van der Waals surface area (Å²) in [6, 6.07) is 0. The van der Waals surface area contributed by atoms with E-state index in [1.165, 1.54) is 11.0 Å². The zero-order chi connectivity index (χ0) is 13.6. The quantitative estimate of drug-likeness (QED) is 0.759. The summed E-state index contributed by atoms with van der Waals surface area (Å²) in [5.41, 5.74) is 5.32. The summed E-state index contributed by atoms with van der Waals surface area (Å²) < 4.78 is 36.9. The van der Waals surface area contributed by atoms with Gasteiger partial charge >= 0.3 is 12.1 Å². The molecule has 0 saturated carbocycles. The Bertz CT molecular complexity index is 471. The van der Waals surface area contributed by atoms with Crippen LogP contribution < -0.4 is 5.73 Å². The summed E-state index contributed by atoms with van der Waals surface area (Å²) in [6.07, 6.45) is -3.23. The lowest BCUT2D eigenvalue weighted by Crippen LogP contribution is -2.45. The number of likely N-dealkylation sites (tertiary alicyclic amines) is 1. The van der Waals surface area contributed by atoms with E-state index in [2.05, 4.69) is 10.2 Å². The first kappa shape index (κ1) is 12.8. The van der Waals surface area contributed by atoms with Gasteiger partial charge in [0.2, 0.25) is 0 Å².